The fraction of sp³-hybridized carbons (Fsp3) is 0.682. The molecule has 0 saturated heterocycles. The van der Waals surface area contributed by atoms with E-state index >= 15 is 0 Å². The molecular weight excluding hydrogens is 312 g/mol. The lowest BCUT2D eigenvalue weighted by atomic mass is 9.77. The van der Waals surface area contributed by atoms with Crippen molar-refractivity contribution in [2.24, 2.45) is 5.92 Å². The molecule has 0 aliphatic heterocycles. The molecule has 0 fully saturated rings. The van der Waals surface area contributed by atoms with Crippen molar-refractivity contribution in [1.82, 2.24) is 0 Å². The van der Waals surface area contributed by atoms with Crippen molar-refractivity contribution in [3.8, 4) is 0 Å². The second-order valence-electron chi connectivity index (χ2n) is 7.21. The van der Waals surface area contributed by atoms with Crippen molar-refractivity contribution in [2.75, 3.05) is 0 Å². The van der Waals surface area contributed by atoms with Gasteiger partial charge in [-0.3, -0.25) is 0 Å². The molecule has 0 aliphatic carbocycles. The van der Waals surface area contributed by atoms with Crippen LogP contribution in [0.25, 0.3) is 0 Å². The Morgan fingerprint density at radius 3 is 2.16 bits per heavy atom. The Hall–Kier alpha value is -1.35. The van der Waals surface area contributed by atoms with Crippen molar-refractivity contribution in [1.29, 1.82) is 0 Å². The summed E-state index contributed by atoms with van der Waals surface area (Å²) in [7, 11) is 0. The van der Waals surface area contributed by atoms with Crippen molar-refractivity contribution in [2.45, 2.75) is 90.1 Å². The maximum absolute atomic E-state index is 11.2. The molecule has 0 spiro atoms. The Labute approximate surface area is 153 Å². The first-order valence-electron chi connectivity index (χ1n) is 10.1. The molecule has 0 aromatic heterocycles. The minimum absolute atomic E-state index is 0.114. The third-order valence-electron chi connectivity index (χ3n) is 5.15. The Kier molecular flexibility index (Phi) is 11.2. The summed E-state index contributed by atoms with van der Waals surface area (Å²) in [6.07, 6.45) is 9.95. The van der Waals surface area contributed by atoms with Gasteiger partial charge in [-0.25, -0.2) is 4.79 Å². The van der Waals surface area contributed by atoms with E-state index < -0.39 is 12.1 Å². The average Bonchev–Trinajstić information content (AvgIpc) is 2.62. The second-order valence-corrected chi connectivity index (χ2v) is 7.21. The first kappa shape index (κ1) is 21.7. The number of hydrogen-bond donors (Lipinski definition) is 2. The summed E-state index contributed by atoms with van der Waals surface area (Å²) in [6.45, 7) is 4.42. The van der Waals surface area contributed by atoms with Crippen LogP contribution in [0.3, 0.4) is 0 Å². The van der Waals surface area contributed by atoms with Crippen LogP contribution in [-0.4, -0.2) is 22.3 Å². The van der Waals surface area contributed by atoms with Gasteiger partial charge >= 0.3 is 5.97 Å². The predicted molar refractivity (Wildman–Crippen MR) is 104 cm³/mol. The van der Waals surface area contributed by atoms with Crippen LogP contribution in [-0.2, 0) is 4.79 Å². The summed E-state index contributed by atoms with van der Waals surface area (Å²) in [5, 5.41) is 19.1. The fourth-order valence-corrected chi connectivity index (χ4v) is 3.75. The normalized spacial score (nSPS) is 14.8. The molecule has 2 N–H and O–H groups in total. The molecule has 3 atom stereocenters. The molecular formula is C22H36O3. The van der Waals surface area contributed by atoms with E-state index in [0.29, 0.717) is 12.3 Å². The number of unbranched alkanes of at least 4 members (excludes halogenated alkanes) is 5. The molecule has 0 aliphatic rings. The molecule has 3 heteroatoms. The van der Waals surface area contributed by atoms with E-state index in [2.05, 4.69) is 26.0 Å². The highest BCUT2D eigenvalue weighted by molar-refractivity contribution is 5.72. The van der Waals surface area contributed by atoms with Crippen LogP contribution in [0.1, 0.15) is 89.5 Å². The summed E-state index contributed by atoms with van der Waals surface area (Å²) in [6, 6.07) is 10.1. The summed E-state index contributed by atoms with van der Waals surface area (Å²) in [5.74, 6) is -0.564. The largest absolute Gasteiger partial charge is 0.479 e. The summed E-state index contributed by atoms with van der Waals surface area (Å²) in [5.41, 5.74) is 1.16. The number of aliphatic hydroxyl groups is 1. The number of hydrogen-bond acceptors (Lipinski definition) is 2. The van der Waals surface area contributed by atoms with E-state index in [-0.39, 0.29) is 5.92 Å². The molecule has 0 saturated carbocycles. The van der Waals surface area contributed by atoms with E-state index in [1.54, 1.807) is 0 Å². The highest BCUT2D eigenvalue weighted by Gasteiger charge is 2.27. The van der Waals surface area contributed by atoms with Gasteiger partial charge in [-0.2, -0.15) is 0 Å². The zero-order chi connectivity index (χ0) is 18.5. The van der Waals surface area contributed by atoms with Crippen molar-refractivity contribution in [3.63, 3.8) is 0 Å². The van der Waals surface area contributed by atoms with Gasteiger partial charge in [0.15, 0.2) is 6.10 Å². The van der Waals surface area contributed by atoms with Gasteiger partial charge in [0, 0.05) is 0 Å². The molecule has 1 aromatic rings. The quantitative estimate of drug-likeness (QED) is 0.419. The molecule has 3 nitrogen and oxygen atoms in total. The van der Waals surface area contributed by atoms with E-state index in [0.717, 1.165) is 24.8 Å². The lowest BCUT2D eigenvalue weighted by Gasteiger charge is -2.28. The smallest absolute Gasteiger partial charge is 0.332 e. The molecule has 1 rings (SSSR count). The van der Waals surface area contributed by atoms with Gasteiger partial charge in [-0.15, -0.1) is 0 Å². The number of aliphatic carboxylic acids is 1. The van der Waals surface area contributed by atoms with Crippen LogP contribution in [0.15, 0.2) is 30.3 Å². The van der Waals surface area contributed by atoms with Crippen LogP contribution < -0.4 is 0 Å². The van der Waals surface area contributed by atoms with Crippen molar-refractivity contribution in [3.05, 3.63) is 35.9 Å². The van der Waals surface area contributed by atoms with Crippen LogP contribution in [0.2, 0.25) is 0 Å². The zero-order valence-electron chi connectivity index (χ0n) is 16.0. The third kappa shape index (κ3) is 8.53. The maximum atomic E-state index is 11.2. The minimum atomic E-state index is -1.28. The minimum Gasteiger partial charge on any atom is -0.479 e. The highest BCUT2D eigenvalue weighted by Crippen LogP contribution is 2.36. The molecule has 0 radical (unpaired) electrons. The van der Waals surface area contributed by atoms with Crippen molar-refractivity contribution >= 4 is 5.97 Å². The van der Waals surface area contributed by atoms with Crippen LogP contribution in [0.5, 0.6) is 0 Å². The SMILES string of the molecule is CCCCCCCCC(CCC)C(CC(O)C(=O)O)c1ccccc1. The summed E-state index contributed by atoms with van der Waals surface area (Å²) in [4.78, 5) is 11.2. The Balaban J connectivity index is 2.73. The molecule has 142 valence electrons. The number of rotatable bonds is 14. The van der Waals surface area contributed by atoms with Crippen molar-refractivity contribution < 1.29 is 15.0 Å². The first-order chi connectivity index (χ1) is 12.1. The predicted octanol–water partition coefficient (Wildman–Crippen LogP) is 5.77. The Morgan fingerprint density at radius 2 is 1.56 bits per heavy atom. The topological polar surface area (TPSA) is 57.5 Å². The summed E-state index contributed by atoms with van der Waals surface area (Å²) < 4.78 is 0. The summed E-state index contributed by atoms with van der Waals surface area (Å²) >= 11 is 0. The lowest BCUT2D eigenvalue weighted by molar-refractivity contribution is -0.147. The van der Waals surface area contributed by atoms with Gasteiger partial charge in [-0.1, -0.05) is 95.5 Å². The fourth-order valence-electron chi connectivity index (χ4n) is 3.75. The van der Waals surface area contributed by atoms with Gasteiger partial charge in [0.05, 0.1) is 0 Å². The molecule has 25 heavy (non-hydrogen) atoms. The van der Waals surface area contributed by atoms with Crippen LogP contribution >= 0.6 is 0 Å². The lowest BCUT2D eigenvalue weighted by Crippen LogP contribution is -2.26. The number of carbonyl (C=O) groups is 1. The number of aliphatic hydroxyl groups excluding tert-OH is 1. The van der Waals surface area contributed by atoms with Gasteiger partial charge in [0.2, 0.25) is 0 Å². The third-order valence-corrected chi connectivity index (χ3v) is 5.15. The first-order valence-corrected chi connectivity index (χ1v) is 10.1. The molecule has 0 heterocycles. The molecule has 3 unspecified atom stereocenters. The zero-order valence-corrected chi connectivity index (χ0v) is 16.0. The monoisotopic (exact) mass is 348 g/mol. The molecule has 0 bridgehead atoms. The number of carboxylic acids is 1. The van der Waals surface area contributed by atoms with E-state index in [9.17, 15) is 9.90 Å². The molecule has 1 aromatic carbocycles. The van der Waals surface area contributed by atoms with Gasteiger partial charge < -0.3 is 10.2 Å². The number of benzene rings is 1. The highest BCUT2D eigenvalue weighted by atomic mass is 16.4. The standard InChI is InChI=1S/C22H36O3/c1-3-5-6-7-8-10-14-18(13-4-2)20(17-21(23)22(24)25)19-15-11-9-12-16-19/h9,11-12,15-16,18,20-21,23H,3-8,10,13-14,17H2,1-2H3,(H,24,25). The van der Waals surface area contributed by atoms with E-state index in [1.807, 2.05) is 18.2 Å². The number of carboxylic acid groups (broad SMARTS) is 1. The van der Waals surface area contributed by atoms with Gasteiger partial charge in [-0.05, 0) is 30.2 Å². The molecule has 0 amide bonds. The Morgan fingerprint density at radius 1 is 0.920 bits per heavy atom. The Bertz CT molecular complexity index is 458. The van der Waals surface area contributed by atoms with Crippen LogP contribution in [0.4, 0.5) is 0 Å². The maximum Gasteiger partial charge on any atom is 0.332 e. The average molecular weight is 349 g/mol. The second kappa shape index (κ2) is 12.9. The van der Waals surface area contributed by atoms with Crippen LogP contribution in [0, 0.1) is 5.92 Å². The van der Waals surface area contributed by atoms with Gasteiger partial charge in [0.1, 0.15) is 0 Å². The van der Waals surface area contributed by atoms with E-state index in [1.165, 1.54) is 38.5 Å². The van der Waals surface area contributed by atoms with E-state index in [4.69, 9.17) is 5.11 Å². The van der Waals surface area contributed by atoms with Gasteiger partial charge in [0.25, 0.3) is 0 Å².